The molecule has 0 N–H and O–H groups in total. The van der Waals surface area contributed by atoms with E-state index in [1.165, 1.54) is 57.3 Å². The Morgan fingerprint density at radius 1 is 1.04 bits per heavy atom. The second-order valence-corrected chi connectivity index (χ2v) is 6.59. The first-order valence-electron chi connectivity index (χ1n) is 9.68. The molecule has 0 bridgehead atoms. The van der Waals surface area contributed by atoms with E-state index < -0.39 is 0 Å². The summed E-state index contributed by atoms with van der Waals surface area (Å²) in [5.74, 6) is 1.60. The first-order chi connectivity index (χ1) is 11.2. The van der Waals surface area contributed by atoms with Gasteiger partial charge in [0.2, 0.25) is 0 Å². The Labute approximate surface area is 143 Å². The normalized spacial score (nSPS) is 16.3. The molecule has 2 rings (SSSR count). The minimum absolute atomic E-state index is 0.131. The lowest BCUT2D eigenvalue weighted by Crippen LogP contribution is -2.37. The van der Waals surface area contributed by atoms with Crippen molar-refractivity contribution in [2.75, 3.05) is 19.6 Å². The van der Waals surface area contributed by atoms with Crippen LogP contribution in [-0.2, 0) is 6.42 Å². The molecule has 0 amide bonds. The fourth-order valence-electron chi connectivity index (χ4n) is 3.39. The molecule has 0 spiro atoms. The molecule has 0 aromatic heterocycles. The van der Waals surface area contributed by atoms with Gasteiger partial charge in [0.15, 0.2) is 0 Å². The maximum atomic E-state index is 12.9. The maximum Gasteiger partial charge on any atom is 0.123 e. The van der Waals surface area contributed by atoms with Crippen molar-refractivity contribution in [1.82, 2.24) is 4.90 Å². The van der Waals surface area contributed by atoms with E-state index in [2.05, 4.69) is 18.7 Å². The quantitative estimate of drug-likeness (QED) is 0.601. The Morgan fingerprint density at radius 2 is 1.61 bits per heavy atom. The third-order valence-electron chi connectivity index (χ3n) is 5.13. The molecule has 1 nitrogen and oxygen atoms in total. The summed E-state index contributed by atoms with van der Waals surface area (Å²) < 4.78 is 12.9. The van der Waals surface area contributed by atoms with E-state index in [9.17, 15) is 4.39 Å². The predicted octanol–water partition coefficient (Wildman–Crippen LogP) is 5.93. The molecule has 0 atom stereocenters. The summed E-state index contributed by atoms with van der Waals surface area (Å²) in [7, 11) is 0. The van der Waals surface area contributed by atoms with Gasteiger partial charge in [0.05, 0.1) is 0 Å². The maximum absolute atomic E-state index is 12.9. The Balaban J connectivity index is 0.00000127. The second kappa shape index (κ2) is 11.6. The highest BCUT2D eigenvalue weighted by atomic mass is 19.1. The first-order valence-corrected chi connectivity index (χ1v) is 9.68. The molecule has 0 radical (unpaired) electrons. The summed E-state index contributed by atoms with van der Waals surface area (Å²) in [6, 6.07) is 7.01. The van der Waals surface area contributed by atoms with Crippen LogP contribution in [0, 0.1) is 17.7 Å². The highest BCUT2D eigenvalue weighted by Crippen LogP contribution is 2.24. The van der Waals surface area contributed by atoms with Gasteiger partial charge in [0.25, 0.3) is 0 Å². The van der Waals surface area contributed by atoms with Crippen molar-refractivity contribution in [1.29, 1.82) is 0 Å². The average Bonchev–Trinajstić information content (AvgIpc) is 2.62. The summed E-state index contributed by atoms with van der Waals surface area (Å²) in [4.78, 5) is 2.66. The van der Waals surface area contributed by atoms with Crippen molar-refractivity contribution in [2.24, 2.45) is 11.8 Å². The molecule has 0 saturated carbocycles. The molecular weight excluding hydrogens is 285 g/mol. The number of likely N-dealkylation sites (tertiary alicyclic amines) is 1. The van der Waals surface area contributed by atoms with Gasteiger partial charge in [-0.15, -0.1) is 0 Å². The molecule has 1 aromatic carbocycles. The molecule has 1 fully saturated rings. The number of piperidine rings is 1. The highest BCUT2D eigenvalue weighted by Gasteiger charge is 2.20. The van der Waals surface area contributed by atoms with Gasteiger partial charge in [0, 0.05) is 6.54 Å². The summed E-state index contributed by atoms with van der Waals surface area (Å²) in [6.07, 6.45) is 7.63. The molecule has 2 heteroatoms. The lowest BCUT2D eigenvalue weighted by atomic mass is 9.90. The van der Waals surface area contributed by atoms with Crippen LogP contribution in [0.5, 0.6) is 0 Å². The highest BCUT2D eigenvalue weighted by molar-refractivity contribution is 5.16. The third kappa shape index (κ3) is 7.48. The Bertz CT molecular complexity index is 389. The largest absolute Gasteiger partial charge is 0.303 e. The SMILES string of the molecule is CC.CCC(CC)CN1CCC(CCc2ccc(F)cc2)CC1. The van der Waals surface area contributed by atoms with Crippen LogP contribution in [0.25, 0.3) is 0 Å². The van der Waals surface area contributed by atoms with Gasteiger partial charge < -0.3 is 4.90 Å². The van der Waals surface area contributed by atoms with Crippen LogP contribution in [0.1, 0.15) is 65.4 Å². The van der Waals surface area contributed by atoms with Crippen LogP contribution in [0.15, 0.2) is 24.3 Å². The molecule has 1 aliphatic heterocycles. The van der Waals surface area contributed by atoms with E-state index in [0.717, 1.165) is 18.3 Å². The van der Waals surface area contributed by atoms with Crippen LogP contribution in [0.2, 0.25) is 0 Å². The average molecular weight is 322 g/mol. The number of hydrogen-bond acceptors (Lipinski definition) is 1. The Morgan fingerprint density at radius 3 is 2.13 bits per heavy atom. The summed E-state index contributed by atoms with van der Waals surface area (Å²) in [6.45, 7) is 12.4. The van der Waals surface area contributed by atoms with Crippen molar-refractivity contribution in [3.63, 3.8) is 0 Å². The summed E-state index contributed by atoms with van der Waals surface area (Å²) >= 11 is 0. The predicted molar refractivity (Wildman–Crippen MR) is 99.3 cm³/mol. The van der Waals surface area contributed by atoms with E-state index in [1.807, 2.05) is 26.0 Å². The molecule has 1 aliphatic rings. The van der Waals surface area contributed by atoms with Crippen LogP contribution < -0.4 is 0 Å². The molecule has 0 aliphatic carbocycles. The topological polar surface area (TPSA) is 3.24 Å². The number of halogens is 1. The van der Waals surface area contributed by atoms with Crippen LogP contribution in [0.3, 0.4) is 0 Å². The lowest BCUT2D eigenvalue weighted by molar-refractivity contribution is 0.153. The van der Waals surface area contributed by atoms with Crippen molar-refractivity contribution in [2.45, 2.75) is 66.2 Å². The second-order valence-electron chi connectivity index (χ2n) is 6.59. The lowest BCUT2D eigenvalue weighted by Gasteiger charge is -2.34. The molecule has 132 valence electrons. The molecule has 1 saturated heterocycles. The van der Waals surface area contributed by atoms with Crippen LogP contribution in [-0.4, -0.2) is 24.5 Å². The molecule has 1 heterocycles. The molecule has 0 unspecified atom stereocenters. The van der Waals surface area contributed by atoms with E-state index in [1.54, 1.807) is 12.1 Å². The van der Waals surface area contributed by atoms with E-state index >= 15 is 0 Å². The fourth-order valence-corrected chi connectivity index (χ4v) is 3.39. The zero-order valence-electron chi connectivity index (χ0n) is 15.7. The zero-order valence-corrected chi connectivity index (χ0v) is 15.7. The first kappa shape index (κ1) is 20.2. The molecule has 23 heavy (non-hydrogen) atoms. The van der Waals surface area contributed by atoms with E-state index in [4.69, 9.17) is 0 Å². The number of aryl methyl sites for hydroxylation is 1. The molecule has 1 aromatic rings. The van der Waals surface area contributed by atoms with Crippen molar-refractivity contribution >= 4 is 0 Å². The Kier molecular flexibility index (Phi) is 10.2. The standard InChI is InChI=1S/C19H30FN.C2H6/c1-3-16(4-2)15-21-13-11-18(12-14-21)6-5-17-7-9-19(20)10-8-17;1-2/h7-10,16,18H,3-6,11-15H2,1-2H3;1-2H3. The monoisotopic (exact) mass is 321 g/mol. The van der Waals surface area contributed by atoms with Gasteiger partial charge in [-0.1, -0.05) is 52.7 Å². The van der Waals surface area contributed by atoms with Crippen molar-refractivity contribution in [3.8, 4) is 0 Å². The summed E-state index contributed by atoms with van der Waals surface area (Å²) in [5, 5.41) is 0. The van der Waals surface area contributed by atoms with Gasteiger partial charge >= 0.3 is 0 Å². The van der Waals surface area contributed by atoms with Gasteiger partial charge in [0.1, 0.15) is 5.82 Å². The van der Waals surface area contributed by atoms with Gasteiger partial charge in [-0.2, -0.15) is 0 Å². The third-order valence-corrected chi connectivity index (χ3v) is 5.13. The minimum atomic E-state index is -0.131. The van der Waals surface area contributed by atoms with Crippen LogP contribution >= 0.6 is 0 Å². The fraction of sp³-hybridized carbons (Fsp3) is 0.714. The number of benzene rings is 1. The minimum Gasteiger partial charge on any atom is -0.303 e. The van der Waals surface area contributed by atoms with Crippen molar-refractivity contribution < 1.29 is 4.39 Å². The van der Waals surface area contributed by atoms with Crippen LogP contribution in [0.4, 0.5) is 4.39 Å². The van der Waals surface area contributed by atoms with E-state index in [-0.39, 0.29) is 5.82 Å². The number of hydrogen-bond donors (Lipinski definition) is 0. The van der Waals surface area contributed by atoms with Gasteiger partial charge in [-0.05, 0) is 68.3 Å². The smallest absolute Gasteiger partial charge is 0.123 e. The Hall–Kier alpha value is -0.890. The van der Waals surface area contributed by atoms with E-state index in [0.29, 0.717) is 0 Å². The number of rotatable bonds is 7. The molecular formula is C21H36FN. The van der Waals surface area contributed by atoms with Crippen molar-refractivity contribution in [3.05, 3.63) is 35.6 Å². The number of nitrogens with zero attached hydrogens (tertiary/aromatic N) is 1. The van der Waals surface area contributed by atoms with Gasteiger partial charge in [-0.3, -0.25) is 0 Å². The van der Waals surface area contributed by atoms with Gasteiger partial charge in [-0.25, -0.2) is 4.39 Å². The summed E-state index contributed by atoms with van der Waals surface area (Å²) in [5.41, 5.74) is 1.27. The zero-order chi connectivity index (χ0) is 17.1.